The van der Waals surface area contributed by atoms with Crippen LogP contribution >= 0.6 is 23.5 Å². The van der Waals surface area contributed by atoms with E-state index < -0.39 is 10.4 Å². The Kier molecular flexibility index (Phi) is 8.87. The van der Waals surface area contributed by atoms with Gasteiger partial charge in [-0.2, -0.15) is 0 Å². The lowest BCUT2D eigenvalue weighted by atomic mass is 9.75. The van der Waals surface area contributed by atoms with Crippen LogP contribution in [0.15, 0.2) is 101 Å². The van der Waals surface area contributed by atoms with Gasteiger partial charge in [-0.05, 0) is 60.4 Å². The fraction of sp³-hybridized carbons (Fsp3) is 0.424. The molecule has 1 saturated heterocycles. The number of thioether (sulfide) groups is 2. The maximum atomic E-state index is 13.0. The normalized spacial score (nSPS) is 25.9. The lowest BCUT2D eigenvalue weighted by molar-refractivity contribution is -0.196. The van der Waals surface area contributed by atoms with E-state index in [9.17, 15) is 4.79 Å². The number of carbonyl (C=O) groups is 1. The number of hydrogen-bond donors (Lipinski definition) is 0. The zero-order valence-electron chi connectivity index (χ0n) is 22.5. The van der Waals surface area contributed by atoms with Crippen LogP contribution in [-0.2, 0) is 18.3 Å². The summed E-state index contributed by atoms with van der Waals surface area (Å²) < 4.78 is 12.4. The summed E-state index contributed by atoms with van der Waals surface area (Å²) in [6, 6.07) is 31.6. The summed E-state index contributed by atoms with van der Waals surface area (Å²) in [5.74, 6) is 1.27. The Morgan fingerprint density at radius 3 is 1.95 bits per heavy atom. The average Bonchev–Trinajstić information content (AvgIpc) is 3.30. The molecule has 1 saturated carbocycles. The second-order valence-electron chi connectivity index (χ2n) is 11.0. The van der Waals surface area contributed by atoms with E-state index >= 15 is 0 Å². The SMILES string of the molecule is CC(C)[C@@H]1CC[C@@H](C)C[C@H]1O[C@@H]1OC(=O)C[C@H]1C(Sc1ccccc1)(Sc1ccccc1)c1ccccc1. The molecule has 0 bridgehead atoms. The van der Waals surface area contributed by atoms with Crippen LogP contribution in [0.4, 0.5) is 0 Å². The van der Waals surface area contributed by atoms with Crippen LogP contribution < -0.4 is 0 Å². The predicted molar refractivity (Wildman–Crippen MR) is 157 cm³/mol. The van der Waals surface area contributed by atoms with Crippen LogP contribution in [0.25, 0.3) is 0 Å². The quantitative estimate of drug-likeness (QED) is 0.152. The molecular formula is C33H38O3S2. The highest BCUT2D eigenvalue weighted by molar-refractivity contribution is 8.17. The fourth-order valence-corrected chi connectivity index (χ4v) is 9.15. The molecule has 5 atom stereocenters. The van der Waals surface area contributed by atoms with Crippen LogP contribution in [0, 0.1) is 23.7 Å². The molecule has 0 N–H and O–H groups in total. The number of benzene rings is 3. The lowest BCUT2D eigenvalue weighted by Crippen LogP contribution is -2.42. The van der Waals surface area contributed by atoms with Crippen molar-refractivity contribution in [3.63, 3.8) is 0 Å². The molecule has 1 heterocycles. The van der Waals surface area contributed by atoms with Crippen molar-refractivity contribution in [1.82, 2.24) is 0 Å². The van der Waals surface area contributed by atoms with Gasteiger partial charge >= 0.3 is 5.97 Å². The monoisotopic (exact) mass is 546 g/mol. The minimum absolute atomic E-state index is 0.0917. The van der Waals surface area contributed by atoms with Gasteiger partial charge in [0.05, 0.1) is 18.4 Å². The third kappa shape index (κ3) is 6.16. The van der Waals surface area contributed by atoms with Crippen molar-refractivity contribution in [2.24, 2.45) is 23.7 Å². The molecule has 0 amide bonds. The summed E-state index contributed by atoms with van der Waals surface area (Å²) >= 11 is 3.62. The standard InChI is InChI=1S/C33H38O3S2/c1-23(2)28-20-19-24(3)21-30(28)35-32-29(22-31(34)36-32)33(25-13-7-4-8-14-25,37-26-15-9-5-10-16-26)38-27-17-11-6-12-18-27/h4-18,23-24,28-30,32H,19-22H2,1-3H3/t24-,28+,29-,30-,32-/m1/s1. The van der Waals surface area contributed by atoms with E-state index in [1.54, 1.807) is 0 Å². The van der Waals surface area contributed by atoms with Crippen LogP contribution in [0.2, 0.25) is 0 Å². The molecular weight excluding hydrogens is 508 g/mol. The first-order valence-electron chi connectivity index (χ1n) is 13.8. The molecule has 0 spiro atoms. The lowest BCUT2D eigenvalue weighted by Gasteiger charge is -2.43. The Bertz CT molecular complexity index is 1130. The average molecular weight is 547 g/mol. The molecule has 3 nitrogen and oxygen atoms in total. The maximum absolute atomic E-state index is 13.0. The van der Waals surface area contributed by atoms with Crippen molar-refractivity contribution in [2.45, 2.75) is 72.7 Å². The molecule has 0 radical (unpaired) electrons. The van der Waals surface area contributed by atoms with Crippen molar-refractivity contribution < 1.29 is 14.3 Å². The summed E-state index contributed by atoms with van der Waals surface area (Å²) in [6.07, 6.45) is 3.24. The zero-order chi connectivity index (χ0) is 26.5. The Hall–Kier alpha value is -2.21. The van der Waals surface area contributed by atoms with E-state index in [2.05, 4.69) is 99.6 Å². The highest BCUT2D eigenvalue weighted by atomic mass is 32.2. The largest absolute Gasteiger partial charge is 0.435 e. The van der Waals surface area contributed by atoms with Gasteiger partial charge in [0, 0.05) is 9.79 Å². The Balaban J connectivity index is 1.58. The van der Waals surface area contributed by atoms with E-state index in [1.165, 1.54) is 6.42 Å². The molecule has 200 valence electrons. The third-order valence-electron chi connectivity index (χ3n) is 7.92. The molecule has 2 aliphatic rings. The summed E-state index contributed by atoms with van der Waals surface area (Å²) in [6.45, 7) is 6.90. The van der Waals surface area contributed by atoms with Crippen LogP contribution in [-0.4, -0.2) is 18.4 Å². The molecule has 2 fully saturated rings. The second-order valence-corrected chi connectivity index (χ2v) is 13.9. The highest BCUT2D eigenvalue weighted by Gasteiger charge is 2.54. The van der Waals surface area contributed by atoms with E-state index in [4.69, 9.17) is 9.47 Å². The van der Waals surface area contributed by atoms with Crippen LogP contribution in [0.1, 0.15) is 52.0 Å². The summed E-state index contributed by atoms with van der Waals surface area (Å²) in [5.41, 5.74) is 1.16. The van der Waals surface area contributed by atoms with E-state index in [0.717, 1.165) is 28.2 Å². The molecule has 38 heavy (non-hydrogen) atoms. The Morgan fingerprint density at radius 2 is 1.39 bits per heavy atom. The molecule has 1 aliphatic carbocycles. The first kappa shape index (κ1) is 27.4. The van der Waals surface area contributed by atoms with Gasteiger partial charge in [-0.1, -0.05) is 93.9 Å². The second kappa shape index (κ2) is 12.3. The van der Waals surface area contributed by atoms with Crippen molar-refractivity contribution in [3.8, 4) is 0 Å². The van der Waals surface area contributed by atoms with E-state index in [1.807, 2.05) is 35.7 Å². The number of carbonyl (C=O) groups excluding carboxylic acids is 1. The van der Waals surface area contributed by atoms with Gasteiger partial charge in [-0.15, -0.1) is 23.5 Å². The van der Waals surface area contributed by atoms with Crippen molar-refractivity contribution in [2.75, 3.05) is 0 Å². The summed E-state index contributed by atoms with van der Waals surface area (Å²) in [4.78, 5) is 15.4. The molecule has 1 aliphatic heterocycles. The van der Waals surface area contributed by atoms with Gasteiger partial charge in [-0.25, -0.2) is 0 Å². The number of rotatable bonds is 9. The zero-order valence-corrected chi connectivity index (χ0v) is 24.1. The number of esters is 1. The predicted octanol–water partition coefficient (Wildman–Crippen LogP) is 8.79. The highest BCUT2D eigenvalue weighted by Crippen LogP contribution is 2.61. The fourth-order valence-electron chi connectivity index (χ4n) is 5.92. The summed E-state index contributed by atoms with van der Waals surface area (Å²) in [5, 5.41) is 0. The number of ether oxygens (including phenoxy) is 2. The van der Waals surface area contributed by atoms with Gasteiger partial charge in [0.2, 0.25) is 6.29 Å². The first-order chi connectivity index (χ1) is 18.4. The van der Waals surface area contributed by atoms with Gasteiger partial charge in [-0.3, -0.25) is 4.79 Å². The maximum Gasteiger partial charge on any atom is 0.308 e. The Morgan fingerprint density at radius 1 is 0.842 bits per heavy atom. The van der Waals surface area contributed by atoms with Crippen LogP contribution in [0.3, 0.4) is 0 Å². The molecule has 5 rings (SSSR count). The van der Waals surface area contributed by atoms with E-state index in [0.29, 0.717) is 24.2 Å². The first-order valence-corrected chi connectivity index (χ1v) is 15.5. The topological polar surface area (TPSA) is 35.5 Å². The van der Waals surface area contributed by atoms with Gasteiger partial charge in [0.1, 0.15) is 4.08 Å². The minimum Gasteiger partial charge on any atom is -0.435 e. The van der Waals surface area contributed by atoms with Gasteiger partial charge in [0.15, 0.2) is 0 Å². The smallest absolute Gasteiger partial charge is 0.308 e. The molecule has 0 unspecified atom stereocenters. The molecule has 0 aromatic heterocycles. The van der Waals surface area contributed by atoms with E-state index in [-0.39, 0.29) is 18.0 Å². The molecule has 5 heteroatoms. The summed E-state index contributed by atoms with van der Waals surface area (Å²) in [7, 11) is 0. The van der Waals surface area contributed by atoms with Crippen molar-refractivity contribution in [3.05, 3.63) is 96.6 Å². The van der Waals surface area contributed by atoms with Gasteiger partial charge in [0.25, 0.3) is 0 Å². The molecule has 3 aromatic carbocycles. The molecule has 3 aromatic rings. The van der Waals surface area contributed by atoms with Crippen molar-refractivity contribution in [1.29, 1.82) is 0 Å². The van der Waals surface area contributed by atoms with Gasteiger partial charge < -0.3 is 9.47 Å². The number of hydrogen-bond acceptors (Lipinski definition) is 5. The van der Waals surface area contributed by atoms with Crippen molar-refractivity contribution >= 4 is 29.5 Å². The minimum atomic E-state index is -0.591. The Labute approximate surface area is 236 Å². The van der Waals surface area contributed by atoms with Crippen LogP contribution in [0.5, 0.6) is 0 Å². The third-order valence-corrected chi connectivity index (χ3v) is 11.1. The number of cyclic esters (lactones) is 1.